The topological polar surface area (TPSA) is 77.0 Å². The number of ether oxygens (including phenoxy) is 2. The van der Waals surface area contributed by atoms with Crippen molar-refractivity contribution in [2.24, 2.45) is 0 Å². The highest BCUT2D eigenvalue weighted by Gasteiger charge is 2.08. The second-order valence-electron chi connectivity index (χ2n) is 4.94. The van der Waals surface area contributed by atoms with E-state index in [1.54, 1.807) is 14.0 Å². The van der Waals surface area contributed by atoms with Crippen molar-refractivity contribution in [2.45, 2.75) is 32.3 Å². The summed E-state index contributed by atoms with van der Waals surface area (Å²) in [5.74, 6) is 0.474. The molecule has 0 aliphatic carbocycles. The fourth-order valence-electron chi connectivity index (χ4n) is 1.98. The Labute approximate surface area is 138 Å². The maximum atomic E-state index is 11.2. The molecule has 0 saturated carbocycles. The molecule has 1 aromatic rings. The number of hydrogen-bond acceptors (Lipinski definition) is 6. The van der Waals surface area contributed by atoms with E-state index in [1.165, 1.54) is 7.62 Å². The number of rotatable bonds is 12. The molecule has 127 valence electrons. The third kappa shape index (κ3) is 8.59. The van der Waals surface area contributed by atoms with Gasteiger partial charge in [-0.2, -0.15) is 0 Å². The molecule has 0 bridgehead atoms. The van der Waals surface area contributed by atoms with Crippen molar-refractivity contribution < 1.29 is 24.0 Å². The molecule has 0 aliphatic rings. The Morgan fingerprint density at radius 2 is 2.26 bits per heavy atom. The van der Waals surface area contributed by atoms with E-state index in [9.17, 15) is 9.90 Å². The molecule has 2 N–H and O–H groups in total. The average molecular weight is 322 g/mol. The molecule has 0 aromatic heterocycles. The van der Waals surface area contributed by atoms with Gasteiger partial charge in [0.1, 0.15) is 5.75 Å². The van der Waals surface area contributed by atoms with Gasteiger partial charge in [0, 0.05) is 13.5 Å². The fraction of sp³-hybridized carbons (Fsp3) is 0.562. The van der Waals surface area contributed by atoms with Crippen LogP contribution >= 0.6 is 0 Å². The maximum absolute atomic E-state index is 11.2. The molecular weight excluding hydrogens is 297 g/mol. The van der Waals surface area contributed by atoms with Crippen LogP contribution in [-0.2, 0) is 14.2 Å². The molecule has 0 fully saturated rings. The SMILES string of the molecule is CCOC(=O)CCCOc1cccc(C(O)CCN[B]OC)c1. The summed E-state index contributed by atoms with van der Waals surface area (Å²) in [5, 5.41) is 13.1. The fourth-order valence-corrected chi connectivity index (χ4v) is 1.98. The highest BCUT2D eigenvalue weighted by Crippen LogP contribution is 2.21. The number of hydrogen-bond donors (Lipinski definition) is 2. The number of nitrogens with one attached hydrogen (secondary N) is 1. The quantitative estimate of drug-likeness (QED) is 0.346. The molecule has 0 saturated heterocycles. The van der Waals surface area contributed by atoms with Gasteiger partial charge in [-0.25, -0.2) is 0 Å². The normalized spacial score (nSPS) is 11.8. The van der Waals surface area contributed by atoms with Crippen LogP contribution in [0.1, 0.15) is 37.9 Å². The molecule has 0 amide bonds. The third-order valence-corrected chi connectivity index (χ3v) is 3.11. The molecular formula is C16H25BNO5. The average Bonchev–Trinajstić information content (AvgIpc) is 2.56. The zero-order valence-electron chi connectivity index (χ0n) is 13.8. The van der Waals surface area contributed by atoms with Gasteiger partial charge in [0.2, 0.25) is 0 Å². The Hall–Kier alpha value is -1.57. The predicted octanol–water partition coefficient (Wildman–Crippen LogP) is 1.60. The van der Waals surface area contributed by atoms with Crippen LogP contribution in [0.15, 0.2) is 24.3 Å². The summed E-state index contributed by atoms with van der Waals surface area (Å²) >= 11 is 0. The van der Waals surface area contributed by atoms with Gasteiger partial charge in [-0.05, 0) is 44.0 Å². The van der Waals surface area contributed by atoms with Crippen LogP contribution in [-0.4, -0.2) is 45.6 Å². The standard InChI is InChI=1S/C16H25BNO5/c1-3-22-16(20)8-5-11-23-14-7-4-6-13(12-14)15(19)9-10-18-17-21-2/h4,6-7,12,15,18-19H,3,5,8-11H2,1-2H3. The summed E-state index contributed by atoms with van der Waals surface area (Å²) in [6.45, 7) is 3.23. The number of carbonyl (C=O) groups excluding carboxylic acids is 1. The van der Waals surface area contributed by atoms with Crippen LogP contribution < -0.4 is 9.96 Å². The number of carbonyl (C=O) groups is 1. The van der Waals surface area contributed by atoms with Gasteiger partial charge in [0.15, 0.2) is 0 Å². The second kappa shape index (κ2) is 11.9. The predicted molar refractivity (Wildman–Crippen MR) is 88.1 cm³/mol. The Bertz CT molecular complexity index is 458. The van der Waals surface area contributed by atoms with Crippen molar-refractivity contribution in [1.29, 1.82) is 0 Å². The first kappa shape index (κ1) is 19.5. The van der Waals surface area contributed by atoms with Crippen molar-refractivity contribution in [2.75, 3.05) is 26.9 Å². The minimum Gasteiger partial charge on any atom is -0.494 e. The summed E-state index contributed by atoms with van der Waals surface area (Å²) in [6.07, 6.45) is 0.933. The minimum absolute atomic E-state index is 0.208. The second-order valence-corrected chi connectivity index (χ2v) is 4.94. The van der Waals surface area contributed by atoms with Gasteiger partial charge >= 0.3 is 13.6 Å². The molecule has 1 radical (unpaired) electrons. The van der Waals surface area contributed by atoms with Crippen LogP contribution in [0.25, 0.3) is 0 Å². The summed E-state index contributed by atoms with van der Waals surface area (Å²) in [7, 11) is 3.04. The molecule has 0 aliphatic heterocycles. The van der Waals surface area contributed by atoms with E-state index >= 15 is 0 Å². The Morgan fingerprint density at radius 3 is 3.00 bits per heavy atom. The Kier molecular flexibility index (Phi) is 10.1. The van der Waals surface area contributed by atoms with Crippen LogP contribution in [0, 0.1) is 0 Å². The summed E-state index contributed by atoms with van der Waals surface area (Å²) in [6, 6.07) is 7.34. The van der Waals surface area contributed by atoms with Gasteiger partial charge in [-0.1, -0.05) is 12.1 Å². The number of aliphatic hydroxyl groups excluding tert-OH is 1. The third-order valence-electron chi connectivity index (χ3n) is 3.11. The van der Waals surface area contributed by atoms with E-state index in [-0.39, 0.29) is 5.97 Å². The zero-order chi connectivity index (χ0) is 16.9. The molecule has 23 heavy (non-hydrogen) atoms. The first-order chi connectivity index (χ1) is 11.2. The van der Waals surface area contributed by atoms with Crippen molar-refractivity contribution in [3.05, 3.63) is 29.8 Å². The summed E-state index contributed by atoms with van der Waals surface area (Å²) < 4.78 is 15.2. The minimum atomic E-state index is -0.573. The smallest absolute Gasteiger partial charge is 0.395 e. The molecule has 1 unspecified atom stereocenters. The first-order valence-electron chi connectivity index (χ1n) is 7.81. The van der Waals surface area contributed by atoms with Crippen LogP contribution in [0.4, 0.5) is 0 Å². The lowest BCUT2D eigenvalue weighted by Gasteiger charge is -2.13. The molecule has 7 heteroatoms. The van der Waals surface area contributed by atoms with Gasteiger partial charge in [0.25, 0.3) is 0 Å². The Balaban J connectivity index is 2.33. The van der Waals surface area contributed by atoms with E-state index in [0.717, 1.165) is 5.56 Å². The summed E-state index contributed by atoms with van der Waals surface area (Å²) in [4.78, 5) is 11.2. The number of esters is 1. The van der Waals surface area contributed by atoms with Gasteiger partial charge < -0.3 is 24.5 Å². The lowest BCUT2D eigenvalue weighted by Crippen LogP contribution is -2.23. The monoisotopic (exact) mass is 322 g/mol. The molecule has 1 rings (SSSR count). The van der Waals surface area contributed by atoms with Gasteiger partial charge in [0.05, 0.1) is 19.3 Å². The van der Waals surface area contributed by atoms with E-state index in [1.807, 2.05) is 24.3 Å². The zero-order valence-corrected chi connectivity index (χ0v) is 13.8. The van der Waals surface area contributed by atoms with Gasteiger partial charge in [-0.15, -0.1) is 0 Å². The van der Waals surface area contributed by atoms with Crippen molar-refractivity contribution in [1.82, 2.24) is 5.23 Å². The number of benzene rings is 1. The van der Waals surface area contributed by atoms with Crippen molar-refractivity contribution >= 4 is 13.6 Å². The van der Waals surface area contributed by atoms with Gasteiger partial charge in [-0.3, -0.25) is 4.79 Å². The highest BCUT2D eigenvalue weighted by atomic mass is 16.5. The molecule has 0 spiro atoms. The molecule has 0 heterocycles. The lowest BCUT2D eigenvalue weighted by molar-refractivity contribution is -0.143. The van der Waals surface area contributed by atoms with Crippen LogP contribution in [0.2, 0.25) is 0 Å². The van der Waals surface area contributed by atoms with E-state index in [0.29, 0.717) is 44.8 Å². The summed E-state index contributed by atoms with van der Waals surface area (Å²) in [5.41, 5.74) is 0.798. The van der Waals surface area contributed by atoms with E-state index < -0.39 is 6.10 Å². The molecule has 1 atom stereocenters. The van der Waals surface area contributed by atoms with E-state index in [2.05, 4.69) is 5.23 Å². The van der Waals surface area contributed by atoms with Crippen molar-refractivity contribution in [3.8, 4) is 5.75 Å². The Morgan fingerprint density at radius 1 is 1.43 bits per heavy atom. The largest absolute Gasteiger partial charge is 0.494 e. The lowest BCUT2D eigenvalue weighted by atomic mass is 10.1. The molecule has 1 aromatic carbocycles. The first-order valence-corrected chi connectivity index (χ1v) is 7.81. The van der Waals surface area contributed by atoms with Crippen LogP contribution in [0.5, 0.6) is 5.75 Å². The highest BCUT2D eigenvalue weighted by molar-refractivity contribution is 6.23. The van der Waals surface area contributed by atoms with Crippen LogP contribution in [0.3, 0.4) is 0 Å². The van der Waals surface area contributed by atoms with E-state index in [4.69, 9.17) is 14.1 Å². The number of aliphatic hydroxyl groups is 1. The maximum Gasteiger partial charge on any atom is 0.395 e. The molecule has 6 nitrogen and oxygen atoms in total. The van der Waals surface area contributed by atoms with Crippen molar-refractivity contribution in [3.63, 3.8) is 0 Å².